The van der Waals surface area contributed by atoms with Crippen molar-refractivity contribution in [2.24, 2.45) is 0 Å². The number of benzene rings is 2. The lowest BCUT2D eigenvalue weighted by molar-refractivity contribution is -0.117. The van der Waals surface area contributed by atoms with Gasteiger partial charge in [0.05, 0.1) is 19.9 Å². The van der Waals surface area contributed by atoms with Crippen LogP contribution in [0.15, 0.2) is 53.3 Å². The maximum Gasteiger partial charge on any atom is 0.267 e. The minimum Gasteiger partial charge on any atom is -0.497 e. The highest BCUT2D eigenvalue weighted by Crippen LogP contribution is 2.33. The minimum absolute atomic E-state index is 0.257. The summed E-state index contributed by atoms with van der Waals surface area (Å²) in [6.07, 6.45) is 0. The largest absolute Gasteiger partial charge is 0.497 e. The topological polar surface area (TPSA) is 101 Å². The van der Waals surface area contributed by atoms with E-state index in [4.69, 9.17) is 18.9 Å². The molecule has 1 amide bonds. The van der Waals surface area contributed by atoms with E-state index in [9.17, 15) is 9.59 Å². The number of ether oxygens (including phenoxy) is 4. The zero-order chi connectivity index (χ0) is 21.8. The van der Waals surface area contributed by atoms with Gasteiger partial charge in [-0.2, -0.15) is 5.10 Å². The van der Waals surface area contributed by atoms with Gasteiger partial charge in [0.1, 0.15) is 31.3 Å². The fourth-order valence-corrected chi connectivity index (χ4v) is 3.18. The van der Waals surface area contributed by atoms with Gasteiger partial charge in [0, 0.05) is 23.4 Å². The van der Waals surface area contributed by atoms with E-state index in [0.717, 1.165) is 4.68 Å². The van der Waals surface area contributed by atoms with Crippen LogP contribution in [0.5, 0.6) is 23.0 Å². The van der Waals surface area contributed by atoms with Crippen LogP contribution in [0.4, 0.5) is 5.69 Å². The molecule has 0 fully saturated rings. The summed E-state index contributed by atoms with van der Waals surface area (Å²) in [5.41, 5.74) is 1.25. The summed E-state index contributed by atoms with van der Waals surface area (Å²) >= 11 is 0. The molecule has 0 saturated heterocycles. The standard InChI is InChI=1S/C22H21N3O6/c1-28-15-4-7-18(29-2)16(12-15)17-5-8-22(27)25(24-17)13-21(26)23-14-3-6-19-20(11-14)31-10-9-30-19/h3-8,11-12H,9-10,13H2,1-2H3,(H,23,26). The molecule has 160 valence electrons. The van der Waals surface area contributed by atoms with Crippen molar-refractivity contribution in [1.29, 1.82) is 0 Å². The molecule has 2 aromatic carbocycles. The number of methoxy groups -OCH3 is 2. The van der Waals surface area contributed by atoms with Gasteiger partial charge in [-0.3, -0.25) is 9.59 Å². The normalized spacial score (nSPS) is 12.2. The third kappa shape index (κ3) is 4.45. The highest BCUT2D eigenvalue weighted by molar-refractivity contribution is 5.90. The maximum atomic E-state index is 12.5. The average Bonchev–Trinajstić information content (AvgIpc) is 2.80. The number of aromatic nitrogens is 2. The Morgan fingerprint density at radius 1 is 1.03 bits per heavy atom. The highest BCUT2D eigenvalue weighted by Gasteiger charge is 2.15. The fraction of sp³-hybridized carbons (Fsp3) is 0.227. The maximum absolute atomic E-state index is 12.5. The molecule has 0 unspecified atom stereocenters. The van der Waals surface area contributed by atoms with Crippen molar-refractivity contribution in [3.63, 3.8) is 0 Å². The zero-order valence-corrected chi connectivity index (χ0v) is 17.1. The van der Waals surface area contributed by atoms with Gasteiger partial charge in [0.15, 0.2) is 11.5 Å². The molecule has 1 aliphatic rings. The van der Waals surface area contributed by atoms with E-state index in [1.165, 1.54) is 6.07 Å². The molecule has 0 aliphatic carbocycles. The zero-order valence-electron chi connectivity index (χ0n) is 17.1. The first-order valence-electron chi connectivity index (χ1n) is 9.57. The van der Waals surface area contributed by atoms with Crippen molar-refractivity contribution in [3.05, 3.63) is 58.9 Å². The van der Waals surface area contributed by atoms with E-state index >= 15 is 0 Å². The highest BCUT2D eigenvalue weighted by atomic mass is 16.6. The lowest BCUT2D eigenvalue weighted by atomic mass is 10.1. The summed E-state index contributed by atoms with van der Waals surface area (Å²) in [7, 11) is 3.10. The number of nitrogens with zero attached hydrogens (tertiary/aromatic N) is 2. The summed E-state index contributed by atoms with van der Waals surface area (Å²) in [4.78, 5) is 24.8. The van der Waals surface area contributed by atoms with E-state index in [2.05, 4.69) is 10.4 Å². The van der Waals surface area contributed by atoms with Gasteiger partial charge in [-0.25, -0.2) is 4.68 Å². The smallest absolute Gasteiger partial charge is 0.267 e. The lowest BCUT2D eigenvalue weighted by Crippen LogP contribution is -2.29. The predicted molar refractivity (Wildman–Crippen MR) is 113 cm³/mol. The summed E-state index contributed by atoms with van der Waals surface area (Å²) in [5, 5.41) is 7.09. The van der Waals surface area contributed by atoms with Crippen LogP contribution in [0.2, 0.25) is 0 Å². The van der Waals surface area contributed by atoms with E-state index < -0.39 is 11.5 Å². The predicted octanol–water partition coefficient (Wildman–Crippen LogP) is 2.34. The summed E-state index contributed by atoms with van der Waals surface area (Å²) in [6, 6.07) is 13.3. The molecule has 31 heavy (non-hydrogen) atoms. The van der Waals surface area contributed by atoms with Crippen LogP contribution in [0.1, 0.15) is 0 Å². The SMILES string of the molecule is COc1ccc(OC)c(-c2ccc(=O)n(CC(=O)Nc3ccc4c(c3)OCCO4)n2)c1. The van der Waals surface area contributed by atoms with Crippen LogP contribution < -0.4 is 29.8 Å². The van der Waals surface area contributed by atoms with Crippen molar-refractivity contribution < 1.29 is 23.7 Å². The second kappa shape index (κ2) is 8.78. The van der Waals surface area contributed by atoms with Crippen LogP contribution in [0, 0.1) is 0 Å². The van der Waals surface area contributed by atoms with Crippen molar-refractivity contribution >= 4 is 11.6 Å². The Morgan fingerprint density at radius 3 is 2.61 bits per heavy atom. The van der Waals surface area contributed by atoms with Gasteiger partial charge in [-0.05, 0) is 36.4 Å². The van der Waals surface area contributed by atoms with Crippen LogP contribution in [0.25, 0.3) is 11.3 Å². The van der Waals surface area contributed by atoms with Crippen LogP contribution in [-0.4, -0.2) is 43.1 Å². The summed E-state index contributed by atoms with van der Waals surface area (Å²) < 4.78 is 22.8. The van der Waals surface area contributed by atoms with Gasteiger partial charge in [-0.15, -0.1) is 0 Å². The third-order valence-electron chi connectivity index (χ3n) is 4.67. The molecular weight excluding hydrogens is 402 g/mol. The number of fused-ring (bicyclic) bond motifs is 1. The number of anilines is 1. The van der Waals surface area contributed by atoms with Crippen molar-refractivity contribution in [3.8, 4) is 34.3 Å². The Hall–Kier alpha value is -4.01. The molecule has 2 heterocycles. The molecular formula is C22H21N3O6. The number of hydrogen-bond donors (Lipinski definition) is 1. The Kier molecular flexibility index (Phi) is 5.74. The third-order valence-corrected chi connectivity index (χ3v) is 4.67. The minimum atomic E-state index is -0.402. The molecule has 9 nitrogen and oxygen atoms in total. The molecule has 0 spiro atoms. The fourth-order valence-electron chi connectivity index (χ4n) is 3.18. The first-order chi connectivity index (χ1) is 15.1. The number of rotatable bonds is 6. The Morgan fingerprint density at radius 2 is 1.84 bits per heavy atom. The molecule has 1 aliphatic heterocycles. The second-order valence-corrected chi connectivity index (χ2v) is 6.69. The van der Waals surface area contributed by atoms with Crippen molar-refractivity contribution in [2.45, 2.75) is 6.54 Å². The van der Waals surface area contributed by atoms with Gasteiger partial charge in [0.2, 0.25) is 5.91 Å². The first kappa shape index (κ1) is 20.3. The molecule has 1 aromatic heterocycles. The molecule has 0 bridgehead atoms. The van der Waals surface area contributed by atoms with Gasteiger partial charge in [0.25, 0.3) is 5.56 Å². The Bertz CT molecular complexity index is 1170. The molecule has 0 saturated carbocycles. The average molecular weight is 423 g/mol. The first-order valence-corrected chi connectivity index (χ1v) is 9.57. The van der Waals surface area contributed by atoms with Crippen molar-refractivity contribution in [1.82, 2.24) is 9.78 Å². The van der Waals surface area contributed by atoms with Gasteiger partial charge in [-0.1, -0.05) is 0 Å². The van der Waals surface area contributed by atoms with E-state index in [0.29, 0.717) is 53.2 Å². The number of hydrogen-bond acceptors (Lipinski definition) is 7. The van der Waals surface area contributed by atoms with Gasteiger partial charge < -0.3 is 24.3 Å². The number of carbonyl (C=O) groups is 1. The monoisotopic (exact) mass is 423 g/mol. The molecule has 9 heteroatoms. The van der Waals surface area contributed by atoms with E-state index in [1.807, 2.05) is 0 Å². The molecule has 4 rings (SSSR count). The van der Waals surface area contributed by atoms with E-state index in [-0.39, 0.29) is 6.54 Å². The number of nitrogens with one attached hydrogen (secondary N) is 1. The quantitative estimate of drug-likeness (QED) is 0.649. The molecule has 0 atom stereocenters. The summed E-state index contributed by atoms with van der Waals surface area (Å²) in [6.45, 7) is 0.680. The van der Waals surface area contributed by atoms with Crippen LogP contribution in [-0.2, 0) is 11.3 Å². The van der Waals surface area contributed by atoms with Crippen molar-refractivity contribution in [2.75, 3.05) is 32.8 Å². The van der Waals surface area contributed by atoms with Crippen LogP contribution >= 0.6 is 0 Å². The van der Waals surface area contributed by atoms with Gasteiger partial charge >= 0.3 is 0 Å². The van der Waals surface area contributed by atoms with Crippen LogP contribution in [0.3, 0.4) is 0 Å². The number of amides is 1. The Balaban J connectivity index is 1.55. The lowest BCUT2D eigenvalue weighted by Gasteiger charge is -2.19. The second-order valence-electron chi connectivity index (χ2n) is 6.69. The number of carbonyl (C=O) groups excluding carboxylic acids is 1. The molecule has 0 radical (unpaired) electrons. The summed E-state index contributed by atoms with van der Waals surface area (Å²) in [5.74, 6) is 1.97. The molecule has 1 N–H and O–H groups in total. The van der Waals surface area contributed by atoms with E-state index in [1.54, 1.807) is 56.7 Å². The Labute approximate surface area is 178 Å². The molecule has 3 aromatic rings.